The lowest BCUT2D eigenvalue weighted by Crippen LogP contribution is -2.14. The van der Waals surface area contributed by atoms with Gasteiger partial charge in [0.15, 0.2) is 11.5 Å². The van der Waals surface area contributed by atoms with E-state index in [-0.39, 0.29) is 5.57 Å². The minimum absolute atomic E-state index is 0.0491. The molecule has 0 saturated heterocycles. The zero-order valence-electron chi connectivity index (χ0n) is 19.1. The molecule has 0 saturated carbocycles. The summed E-state index contributed by atoms with van der Waals surface area (Å²) in [6.07, 6.45) is 1.48. The number of rotatable bonds is 8. The van der Waals surface area contributed by atoms with Crippen molar-refractivity contribution < 1.29 is 14.3 Å². The summed E-state index contributed by atoms with van der Waals surface area (Å²) in [5.41, 5.74) is 4.09. The Morgan fingerprint density at radius 3 is 2.53 bits per heavy atom. The molecule has 0 atom stereocenters. The van der Waals surface area contributed by atoms with Gasteiger partial charge in [0.2, 0.25) is 0 Å². The van der Waals surface area contributed by atoms with Gasteiger partial charge in [0.25, 0.3) is 5.91 Å². The number of nitrogens with zero attached hydrogens (tertiary/aromatic N) is 1. The van der Waals surface area contributed by atoms with Crippen molar-refractivity contribution in [2.45, 2.75) is 27.4 Å². The van der Waals surface area contributed by atoms with E-state index < -0.39 is 5.91 Å². The summed E-state index contributed by atoms with van der Waals surface area (Å²) >= 11 is 8.77. The maximum absolute atomic E-state index is 12.8. The van der Waals surface area contributed by atoms with Crippen LogP contribution in [0.5, 0.6) is 11.5 Å². The van der Waals surface area contributed by atoms with E-state index in [1.165, 1.54) is 6.08 Å². The summed E-state index contributed by atoms with van der Waals surface area (Å²) in [5, 5.41) is 12.8. The van der Waals surface area contributed by atoms with Crippen molar-refractivity contribution in [3.05, 3.63) is 91.0 Å². The molecule has 1 amide bonds. The van der Waals surface area contributed by atoms with Crippen molar-refractivity contribution >= 4 is 51.9 Å². The minimum Gasteiger partial charge on any atom is -0.490 e. The molecule has 174 valence electrons. The molecule has 3 aromatic rings. The molecule has 5 nitrogen and oxygen atoms in total. The van der Waals surface area contributed by atoms with E-state index in [1.807, 2.05) is 69.3 Å². The first-order valence-electron chi connectivity index (χ1n) is 10.6. The van der Waals surface area contributed by atoms with E-state index in [4.69, 9.17) is 21.1 Å². The topological polar surface area (TPSA) is 71.3 Å². The van der Waals surface area contributed by atoms with Gasteiger partial charge in [0.05, 0.1) is 11.6 Å². The van der Waals surface area contributed by atoms with Gasteiger partial charge in [-0.2, -0.15) is 5.26 Å². The molecule has 1 N–H and O–H groups in total. The van der Waals surface area contributed by atoms with Crippen LogP contribution in [0.3, 0.4) is 0 Å². The summed E-state index contributed by atoms with van der Waals surface area (Å²) in [7, 11) is 0. The number of benzene rings is 3. The molecule has 34 heavy (non-hydrogen) atoms. The first-order chi connectivity index (χ1) is 16.3. The van der Waals surface area contributed by atoms with Crippen molar-refractivity contribution in [2.75, 3.05) is 11.9 Å². The van der Waals surface area contributed by atoms with Crippen molar-refractivity contribution in [3.63, 3.8) is 0 Å². The number of carbonyl (C=O) groups is 1. The van der Waals surface area contributed by atoms with Crippen molar-refractivity contribution in [1.29, 1.82) is 5.26 Å². The quantitative estimate of drug-likeness (QED) is 0.174. The number of nitrogens with one attached hydrogen (secondary N) is 1. The van der Waals surface area contributed by atoms with Crippen LogP contribution < -0.4 is 14.8 Å². The Labute approximate surface area is 218 Å². The minimum atomic E-state index is -0.496. The zero-order chi connectivity index (χ0) is 24.7. The van der Waals surface area contributed by atoms with Crippen LogP contribution in [-0.2, 0) is 11.4 Å². The standard InChI is InChI=1S/C27H24ClIN2O3/c1-4-33-25-14-20(13-23(28)26(25)34-16-19-7-9-22(29)10-8-19)12-21(15-30)27(32)31-24-11-17(2)5-6-18(24)3/h5-14H,4,16H2,1-3H3,(H,31,32)/b21-12+. The Morgan fingerprint density at radius 1 is 1.12 bits per heavy atom. The number of carbonyl (C=O) groups excluding carboxylic acids is 1. The van der Waals surface area contributed by atoms with E-state index in [0.29, 0.717) is 41.0 Å². The lowest BCUT2D eigenvalue weighted by atomic mass is 10.1. The van der Waals surface area contributed by atoms with Crippen LogP contribution in [-0.4, -0.2) is 12.5 Å². The number of nitriles is 1. The Kier molecular flexibility index (Phi) is 8.97. The van der Waals surface area contributed by atoms with Crippen molar-refractivity contribution in [1.82, 2.24) is 0 Å². The van der Waals surface area contributed by atoms with Gasteiger partial charge in [-0.15, -0.1) is 0 Å². The molecule has 0 bridgehead atoms. The van der Waals surface area contributed by atoms with Crippen LogP contribution in [0.1, 0.15) is 29.2 Å². The molecule has 0 spiro atoms. The fraction of sp³-hybridized carbons (Fsp3) is 0.185. The molecule has 0 aliphatic carbocycles. The molecule has 0 aromatic heterocycles. The molecule has 0 aliphatic rings. The Morgan fingerprint density at radius 2 is 1.85 bits per heavy atom. The van der Waals surface area contributed by atoms with Crippen LogP contribution in [0.4, 0.5) is 5.69 Å². The second kappa shape index (κ2) is 11.9. The van der Waals surface area contributed by atoms with Crippen molar-refractivity contribution in [2.24, 2.45) is 0 Å². The molecular formula is C27H24ClIN2O3. The summed E-state index contributed by atoms with van der Waals surface area (Å²) in [6, 6.07) is 19.1. The van der Waals surface area contributed by atoms with E-state index in [1.54, 1.807) is 12.1 Å². The van der Waals surface area contributed by atoms with E-state index >= 15 is 0 Å². The van der Waals surface area contributed by atoms with E-state index in [2.05, 4.69) is 27.9 Å². The molecule has 0 aliphatic heterocycles. The summed E-state index contributed by atoms with van der Waals surface area (Å²) in [5.74, 6) is 0.362. The van der Waals surface area contributed by atoms with Crippen LogP contribution >= 0.6 is 34.2 Å². The highest BCUT2D eigenvalue weighted by Gasteiger charge is 2.15. The van der Waals surface area contributed by atoms with Crippen LogP contribution in [0.25, 0.3) is 6.08 Å². The molecular weight excluding hydrogens is 563 g/mol. The smallest absolute Gasteiger partial charge is 0.266 e. The highest BCUT2D eigenvalue weighted by atomic mass is 127. The number of ether oxygens (including phenoxy) is 2. The number of hydrogen-bond donors (Lipinski definition) is 1. The van der Waals surface area contributed by atoms with Gasteiger partial charge < -0.3 is 14.8 Å². The molecule has 0 fully saturated rings. The Hall–Kier alpha value is -3.02. The number of halogens is 2. The average molecular weight is 587 g/mol. The Balaban J connectivity index is 1.85. The molecule has 0 radical (unpaired) electrons. The molecule has 0 unspecified atom stereocenters. The number of hydrogen-bond acceptors (Lipinski definition) is 4. The summed E-state index contributed by atoms with van der Waals surface area (Å²) in [4.78, 5) is 12.8. The van der Waals surface area contributed by atoms with Gasteiger partial charge in [0.1, 0.15) is 18.2 Å². The molecule has 3 aromatic carbocycles. The predicted octanol–water partition coefficient (Wildman–Crippen LogP) is 7.08. The maximum atomic E-state index is 12.8. The molecule has 7 heteroatoms. The van der Waals surface area contributed by atoms with Crippen molar-refractivity contribution in [3.8, 4) is 17.6 Å². The summed E-state index contributed by atoms with van der Waals surface area (Å²) < 4.78 is 12.8. The second-order valence-electron chi connectivity index (χ2n) is 7.62. The monoisotopic (exact) mass is 586 g/mol. The van der Waals surface area contributed by atoms with Crippen LogP contribution in [0.2, 0.25) is 5.02 Å². The lowest BCUT2D eigenvalue weighted by molar-refractivity contribution is -0.112. The first-order valence-corrected chi connectivity index (χ1v) is 12.1. The highest BCUT2D eigenvalue weighted by Crippen LogP contribution is 2.38. The highest BCUT2D eigenvalue weighted by molar-refractivity contribution is 14.1. The fourth-order valence-corrected chi connectivity index (χ4v) is 3.82. The fourth-order valence-electron chi connectivity index (χ4n) is 3.19. The third kappa shape index (κ3) is 6.75. The van der Waals surface area contributed by atoms with Gasteiger partial charge >= 0.3 is 0 Å². The number of aryl methyl sites for hydroxylation is 2. The van der Waals surface area contributed by atoms with Gasteiger partial charge in [0, 0.05) is 9.26 Å². The van der Waals surface area contributed by atoms with E-state index in [9.17, 15) is 10.1 Å². The third-order valence-electron chi connectivity index (χ3n) is 4.95. The normalized spacial score (nSPS) is 11.0. The molecule has 3 rings (SSSR count). The summed E-state index contributed by atoms with van der Waals surface area (Å²) in [6.45, 7) is 6.43. The van der Waals surface area contributed by atoms with Crippen LogP contribution in [0.15, 0.2) is 60.2 Å². The number of amides is 1. The van der Waals surface area contributed by atoms with Gasteiger partial charge in [-0.3, -0.25) is 4.79 Å². The van der Waals surface area contributed by atoms with Gasteiger partial charge in [-0.1, -0.05) is 35.9 Å². The zero-order valence-corrected chi connectivity index (χ0v) is 22.0. The first kappa shape index (κ1) is 25.6. The molecule has 0 heterocycles. The largest absolute Gasteiger partial charge is 0.490 e. The SMILES string of the molecule is CCOc1cc(/C=C(\C#N)C(=O)Nc2cc(C)ccc2C)cc(Cl)c1OCc1ccc(I)cc1. The van der Waals surface area contributed by atoms with Crippen LogP contribution in [0, 0.1) is 28.7 Å². The predicted molar refractivity (Wildman–Crippen MR) is 144 cm³/mol. The average Bonchev–Trinajstić information content (AvgIpc) is 2.80. The lowest BCUT2D eigenvalue weighted by Gasteiger charge is -2.15. The van der Waals surface area contributed by atoms with E-state index in [0.717, 1.165) is 20.3 Å². The maximum Gasteiger partial charge on any atom is 0.266 e. The Bertz CT molecular complexity index is 1260. The third-order valence-corrected chi connectivity index (χ3v) is 5.95. The second-order valence-corrected chi connectivity index (χ2v) is 9.27. The van der Waals surface area contributed by atoms with Gasteiger partial charge in [-0.05, 0) is 102 Å². The number of anilines is 1. The van der Waals surface area contributed by atoms with Gasteiger partial charge in [-0.25, -0.2) is 0 Å².